The molecule has 0 spiro atoms. The number of benzene rings is 1. The van der Waals surface area contributed by atoms with Gasteiger partial charge in [-0.25, -0.2) is 0 Å². The smallest absolute Gasteiger partial charge is 0.193 e. The Morgan fingerprint density at radius 2 is 2.00 bits per heavy atom. The molecule has 0 radical (unpaired) electrons. The van der Waals surface area contributed by atoms with Crippen molar-refractivity contribution in [3.63, 3.8) is 0 Å². The van der Waals surface area contributed by atoms with Crippen molar-refractivity contribution in [3.05, 3.63) is 35.4 Å². The Morgan fingerprint density at radius 1 is 1.32 bits per heavy atom. The van der Waals surface area contributed by atoms with Crippen molar-refractivity contribution >= 4 is 29.9 Å². The van der Waals surface area contributed by atoms with Gasteiger partial charge in [-0.3, -0.25) is 4.99 Å². The van der Waals surface area contributed by atoms with Crippen LogP contribution in [0.4, 0.5) is 0 Å². The summed E-state index contributed by atoms with van der Waals surface area (Å²) >= 11 is 0. The first-order chi connectivity index (χ1) is 10.2. The number of hydrogen-bond acceptors (Lipinski definition) is 2. The molecule has 0 aromatic heterocycles. The zero-order chi connectivity index (χ0) is 15.1. The van der Waals surface area contributed by atoms with Crippen molar-refractivity contribution in [2.24, 2.45) is 10.9 Å². The minimum absolute atomic E-state index is 0. The summed E-state index contributed by atoms with van der Waals surface area (Å²) in [6.07, 6.45) is 2.68. The second-order valence-electron chi connectivity index (χ2n) is 5.83. The number of ether oxygens (including phenoxy) is 1. The van der Waals surface area contributed by atoms with E-state index in [0.717, 1.165) is 38.2 Å². The van der Waals surface area contributed by atoms with Crippen molar-refractivity contribution in [2.45, 2.75) is 26.3 Å². The Kier molecular flexibility index (Phi) is 8.78. The van der Waals surface area contributed by atoms with E-state index in [2.05, 4.69) is 53.4 Å². The number of aliphatic imine (C=N–C) groups is 1. The number of aryl methyl sites for hydroxylation is 1. The van der Waals surface area contributed by atoms with Crippen LogP contribution in [0.5, 0.6) is 0 Å². The highest BCUT2D eigenvalue weighted by molar-refractivity contribution is 14.0. The quantitative estimate of drug-likeness (QED) is 0.321. The Morgan fingerprint density at radius 3 is 2.59 bits per heavy atom. The highest BCUT2D eigenvalue weighted by atomic mass is 127. The van der Waals surface area contributed by atoms with Crippen LogP contribution in [0.15, 0.2) is 29.3 Å². The average molecular weight is 417 g/mol. The van der Waals surface area contributed by atoms with Crippen LogP contribution < -0.4 is 5.32 Å². The van der Waals surface area contributed by atoms with Crippen molar-refractivity contribution in [2.75, 3.05) is 33.9 Å². The first-order valence-corrected chi connectivity index (χ1v) is 7.74. The molecule has 0 amide bonds. The van der Waals surface area contributed by atoms with Gasteiger partial charge < -0.3 is 15.0 Å². The second kappa shape index (κ2) is 10.0. The molecule has 4 nitrogen and oxygen atoms in total. The van der Waals surface area contributed by atoms with E-state index in [1.165, 1.54) is 24.0 Å². The molecular formula is C17H28IN3O. The molecule has 0 bridgehead atoms. The fourth-order valence-corrected chi connectivity index (χ4v) is 2.20. The molecule has 0 atom stereocenters. The molecule has 0 heterocycles. The van der Waals surface area contributed by atoms with Crippen LogP contribution >= 0.6 is 24.0 Å². The summed E-state index contributed by atoms with van der Waals surface area (Å²) < 4.78 is 5.63. The van der Waals surface area contributed by atoms with E-state index >= 15 is 0 Å². The van der Waals surface area contributed by atoms with Crippen LogP contribution in [0.3, 0.4) is 0 Å². The van der Waals surface area contributed by atoms with E-state index in [1.807, 2.05) is 7.05 Å². The maximum atomic E-state index is 5.63. The molecule has 1 aromatic rings. The molecule has 1 aromatic carbocycles. The van der Waals surface area contributed by atoms with E-state index in [1.54, 1.807) is 0 Å². The summed E-state index contributed by atoms with van der Waals surface area (Å²) in [5.41, 5.74) is 2.58. The number of halogens is 1. The Hall–Kier alpha value is -0.820. The maximum Gasteiger partial charge on any atom is 0.193 e. The molecule has 1 aliphatic rings. The largest absolute Gasteiger partial charge is 0.379 e. The molecule has 0 saturated heterocycles. The Labute approximate surface area is 151 Å². The van der Waals surface area contributed by atoms with Gasteiger partial charge in [0.2, 0.25) is 0 Å². The monoisotopic (exact) mass is 417 g/mol. The molecule has 1 fully saturated rings. The zero-order valence-corrected chi connectivity index (χ0v) is 16.2. The van der Waals surface area contributed by atoms with Crippen LogP contribution in [-0.4, -0.2) is 44.7 Å². The Bertz CT molecular complexity index is 457. The van der Waals surface area contributed by atoms with Crippen molar-refractivity contribution in [1.29, 1.82) is 0 Å². The third-order valence-corrected chi connectivity index (χ3v) is 3.69. The lowest BCUT2D eigenvalue weighted by molar-refractivity contribution is 0.128. The summed E-state index contributed by atoms with van der Waals surface area (Å²) in [7, 11) is 3.87. The number of hydrogen-bond donors (Lipinski definition) is 1. The van der Waals surface area contributed by atoms with Gasteiger partial charge in [-0.15, -0.1) is 24.0 Å². The fourth-order valence-electron chi connectivity index (χ4n) is 2.20. The van der Waals surface area contributed by atoms with Crippen LogP contribution in [0, 0.1) is 12.8 Å². The van der Waals surface area contributed by atoms with E-state index in [4.69, 9.17) is 4.74 Å². The molecule has 1 aliphatic carbocycles. The maximum absolute atomic E-state index is 5.63. The van der Waals surface area contributed by atoms with E-state index in [9.17, 15) is 0 Å². The van der Waals surface area contributed by atoms with Gasteiger partial charge in [-0.1, -0.05) is 29.8 Å². The molecule has 0 aliphatic heterocycles. The molecule has 5 heteroatoms. The molecule has 22 heavy (non-hydrogen) atoms. The lowest BCUT2D eigenvalue weighted by Gasteiger charge is -2.22. The molecule has 0 unspecified atom stereocenters. The summed E-state index contributed by atoms with van der Waals surface area (Å²) in [5, 5.41) is 3.35. The average Bonchev–Trinajstić information content (AvgIpc) is 3.29. The Balaban J connectivity index is 0.00000242. The first-order valence-electron chi connectivity index (χ1n) is 7.74. The van der Waals surface area contributed by atoms with Crippen LogP contribution in [0.2, 0.25) is 0 Å². The van der Waals surface area contributed by atoms with Crippen molar-refractivity contribution in [3.8, 4) is 0 Å². The predicted octanol–water partition coefficient (Wildman–Crippen LogP) is 3.05. The van der Waals surface area contributed by atoms with Crippen LogP contribution in [0.25, 0.3) is 0 Å². The summed E-state index contributed by atoms with van der Waals surface area (Å²) in [5.74, 6) is 1.74. The van der Waals surface area contributed by atoms with Crippen LogP contribution in [-0.2, 0) is 11.3 Å². The summed E-state index contributed by atoms with van der Waals surface area (Å²) in [4.78, 5) is 6.45. The number of nitrogens with one attached hydrogen (secondary N) is 1. The molecule has 1 saturated carbocycles. The lowest BCUT2D eigenvalue weighted by atomic mass is 10.1. The van der Waals surface area contributed by atoms with Crippen molar-refractivity contribution < 1.29 is 4.74 Å². The number of rotatable bonds is 7. The molecule has 1 N–H and O–H groups in total. The standard InChI is InChI=1S/C17H27N3O.HI/c1-14-4-6-15(7-5-14)12-20(3)17(18-2)19-10-11-21-13-16-8-9-16;/h4-7,16H,8-13H2,1-3H3,(H,18,19);1H. The van der Waals surface area contributed by atoms with Gasteiger partial charge in [0.25, 0.3) is 0 Å². The summed E-state index contributed by atoms with van der Waals surface area (Å²) in [6.45, 7) is 5.42. The second-order valence-corrected chi connectivity index (χ2v) is 5.83. The minimum Gasteiger partial charge on any atom is -0.379 e. The van der Waals surface area contributed by atoms with E-state index in [-0.39, 0.29) is 24.0 Å². The van der Waals surface area contributed by atoms with Gasteiger partial charge in [0.05, 0.1) is 6.61 Å². The number of guanidine groups is 1. The van der Waals surface area contributed by atoms with Crippen molar-refractivity contribution in [1.82, 2.24) is 10.2 Å². The lowest BCUT2D eigenvalue weighted by Crippen LogP contribution is -2.40. The number of nitrogens with zero attached hydrogens (tertiary/aromatic N) is 2. The highest BCUT2D eigenvalue weighted by Crippen LogP contribution is 2.28. The third kappa shape index (κ3) is 6.96. The van der Waals surface area contributed by atoms with E-state index in [0.29, 0.717) is 0 Å². The topological polar surface area (TPSA) is 36.9 Å². The minimum atomic E-state index is 0. The zero-order valence-electron chi connectivity index (χ0n) is 13.8. The predicted molar refractivity (Wildman–Crippen MR) is 103 cm³/mol. The van der Waals surface area contributed by atoms with Gasteiger partial charge in [0, 0.05) is 33.8 Å². The highest BCUT2D eigenvalue weighted by Gasteiger charge is 2.20. The first kappa shape index (κ1) is 19.2. The normalized spacial score (nSPS) is 14.4. The van der Waals surface area contributed by atoms with Crippen LogP contribution in [0.1, 0.15) is 24.0 Å². The third-order valence-electron chi connectivity index (χ3n) is 3.69. The molecule has 2 rings (SSSR count). The molecular weight excluding hydrogens is 389 g/mol. The van der Waals surface area contributed by atoms with Gasteiger partial charge >= 0.3 is 0 Å². The fraction of sp³-hybridized carbons (Fsp3) is 0.588. The summed E-state index contributed by atoms with van der Waals surface area (Å²) in [6, 6.07) is 8.62. The molecule has 124 valence electrons. The van der Waals surface area contributed by atoms with Gasteiger partial charge in [0.15, 0.2) is 5.96 Å². The van der Waals surface area contributed by atoms with E-state index < -0.39 is 0 Å². The van der Waals surface area contributed by atoms with Gasteiger partial charge in [-0.2, -0.15) is 0 Å². The van der Waals surface area contributed by atoms with Gasteiger partial charge in [-0.05, 0) is 31.2 Å². The van der Waals surface area contributed by atoms with Gasteiger partial charge in [0.1, 0.15) is 0 Å². The SMILES string of the molecule is CN=C(NCCOCC1CC1)N(C)Cc1ccc(C)cc1.I.